The van der Waals surface area contributed by atoms with Crippen molar-refractivity contribution in [2.75, 3.05) is 12.4 Å². The van der Waals surface area contributed by atoms with Gasteiger partial charge in [0, 0.05) is 16.6 Å². The molecule has 0 atom stereocenters. The van der Waals surface area contributed by atoms with E-state index in [9.17, 15) is 4.39 Å². The van der Waals surface area contributed by atoms with Crippen LogP contribution in [0, 0.1) is 12.7 Å². The van der Waals surface area contributed by atoms with Gasteiger partial charge in [-0.05, 0) is 36.8 Å². The van der Waals surface area contributed by atoms with Crippen LogP contribution in [0.25, 0.3) is 0 Å². The second-order valence-corrected chi connectivity index (χ2v) is 5.16. The van der Waals surface area contributed by atoms with E-state index in [0.717, 1.165) is 21.3 Å². The Labute approximate surface area is 120 Å². The van der Waals surface area contributed by atoms with Crippen molar-refractivity contribution in [1.82, 2.24) is 0 Å². The molecule has 2 aromatic rings. The van der Waals surface area contributed by atoms with Crippen molar-refractivity contribution in [3.05, 3.63) is 57.8 Å². The van der Waals surface area contributed by atoms with E-state index >= 15 is 0 Å². The quantitative estimate of drug-likeness (QED) is 0.893. The lowest BCUT2D eigenvalue weighted by Gasteiger charge is -2.13. The summed E-state index contributed by atoms with van der Waals surface area (Å²) in [5.74, 6) is 0.540. The Morgan fingerprint density at radius 3 is 2.74 bits per heavy atom. The van der Waals surface area contributed by atoms with E-state index in [1.54, 1.807) is 13.2 Å². The number of para-hydroxylation sites is 1. The van der Waals surface area contributed by atoms with Crippen molar-refractivity contribution in [3.63, 3.8) is 0 Å². The maximum atomic E-state index is 13.7. The van der Waals surface area contributed by atoms with Gasteiger partial charge < -0.3 is 10.1 Å². The van der Waals surface area contributed by atoms with Gasteiger partial charge in [-0.2, -0.15) is 0 Å². The Bertz CT molecular complexity index is 566. The third kappa shape index (κ3) is 3.26. The molecule has 1 N–H and O–H groups in total. The molecule has 2 aromatic carbocycles. The van der Waals surface area contributed by atoms with Crippen LogP contribution >= 0.6 is 15.9 Å². The predicted octanol–water partition coefficient (Wildman–Crippen LogP) is 4.52. The molecule has 0 radical (unpaired) electrons. The van der Waals surface area contributed by atoms with E-state index in [2.05, 4.69) is 21.2 Å². The molecule has 4 heteroatoms. The van der Waals surface area contributed by atoms with Gasteiger partial charge in [-0.25, -0.2) is 4.39 Å². The zero-order valence-electron chi connectivity index (χ0n) is 10.8. The van der Waals surface area contributed by atoms with Crippen LogP contribution < -0.4 is 10.1 Å². The van der Waals surface area contributed by atoms with Crippen LogP contribution in [0.1, 0.15) is 11.1 Å². The number of benzene rings is 2. The van der Waals surface area contributed by atoms with Crippen LogP contribution in [-0.4, -0.2) is 7.11 Å². The molecule has 0 aliphatic rings. The lowest BCUT2D eigenvalue weighted by Crippen LogP contribution is -2.04. The third-order valence-corrected chi connectivity index (χ3v) is 3.41. The van der Waals surface area contributed by atoms with Gasteiger partial charge in [-0.1, -0.05) is 28.1 Å². The number of halogens is 2. The predicted molar refractivity (Wildman–Crippen MR) is 79.2 cm³/mol. The van der Waals surface area contributed by atoms with Gasteiger partial charge in [0.05, 0.1) is 12.8 Å². The van der Waals surface area contributed by atoms with Crippen molar-refractivity contribution in [1.29, 1.82) is 0 Å². The van der Waals surface area contributed by atoms with Gasteiger partial charge in [0.1, 0.15) is 11.6 Å². The first-order valence-electron chi connectivity index (χ1n) is 5.93. The van der Waals surface area contributed by atoms with E-state index < -0.39 is 0 Å². The normalized spacial score (nSPS) is 10.3. The van der Waals surface area contributed by atoms with Crippen LogP contribution in [-0.2, 0) is 6.54 Å². The zero-order chi connectivity index (χ0) is 13.8. The summed E-state index contributed by atoms with van der Waals surface area (Å²) in [5, 5.41) is 3.12. The molecule has 0 aliphatic heterocycles. The number of aryl methyl sites for hydroxylation is 1. The molecule has 0 spiro atoms. The first-order valence-corrected chi connectivity index (χ1v) is 6.72. The summed E-state index contributed by atoms with van der Waals surface area (Å²) in [6.07, 6.45) is 0. The monoisotopic (exact) mass is 323 g/mol. The molecule has 0 fully saturated rings. The van der Waals surface area contributed by atoms with Crippen molar-refractivity contribution >= 4 is 21.6 Å². The fourth-order valence-electron chi connectivity index (χ4n) is 1.92. The van der Waals surface area contributed by atoms with Crippen molar-refractivity contribution < 1.29 is 9.13 Å². The second kappa shape index (κ2) is 6.06. The molecule has 0 aromatic heterocycles. The lowest BCUT2D eigenvalue weighted by molar-refractivity contribution is 0.410. The van der Waals surface area contributed by atoms with Crippen LogP contribution in [0.4, 0.5) is 10.1 Å². The maximum Gasteiger partial charge on any atom is 0.146 e. The van der Waals surface area contributed by atoms with E-state index in [4.69, 9.17) is 4.74 Å². The number of hydrogen-bond acceptors (Lipinski definition) is 2. The number of methoxy groups -OCH3 is 1. The Balaban J connectivity index is 2.21. The highest BCUT2D eigenvalue weighted by Gasteiger charge is 2.07. The number of hydrogen-bond donors (Lipinski definition) is 1. The summed E-state index contributed by atoms with van der Waals surface area (Å²) >= 11 is 3.42. The van der Waals surface area contributed by atoms with E-state index in [0.29, 0.717) is 12.2 Å². The SMILES string of the molecule is COc1ccc(Br)cc1CNc1c(C)cccc1F. The fraction of sp³-hybridized carbons (Fsp3) is 0.200. The van der Waals surface area contributed by atoms with Gasteiger partial charge in [0.25, 0.3) is 0 Å². The smallest absolute Gasteiger partial charge is 0.146 e. The van der Waals surface area contributed by atoms with Gasteiger partial charge in [-0.3, -0.25) is 0 Å². The molecule has 0 aliphatic carbocycles. The summed E-state index contributed by atoms with van der Waals surface area (Å²) in [4.78, 5) is 0. The van der Waals surface area contributed by atoms with Crippen LogP contribution in [0.3, 0.4) is 0 Å². The van der Waals surface area contributed by atoms with Crippen molar-refractivity contribution in [3.8, 4) is 5.75 Å². The van der Waals surface area contributed by atoms with E-state index in [1.807, 2.05) is 31.2 Å². The molecule has 2 nitrogen and oxygen atoms in total. The van der Waals surface area contributed by atoms with Crippen LogP contribution in [0.2, 0.25) is 0 Å². The molecule has 0 amide bonds. The minimum atomic E-state index is -0.242. The minimum Gasteiger partial charge on any atom is -0.496 e. The number of nitrogens with one attached hydrogen (secondary N) is 1. The largest absolute Gasteiger partial charge is 0.496 e. The molecule has 0 saturated heterocycles. The molecule has 0 unspecified atom stereocenters. The van der Waals surface area contributed by atoms with E-state index in [1.165, 1.54) is 6.07 Å². The molecule has 100 valence electrons. The average molecular weight is 324 g/mol. The highest BCUT2D eigenvalue weighted by Crippen LogP contribution is 2.25. The molecule has 0 bridgehead atoms. The first kappa shape index (κ1) is 13.9. The number of ether oxygens (including phenoxy) is 1. The molecule has 2 rings (SSSR count). The Morgan fingerprint density at radius 2 is 2.05 bits per heavy atom. The number of rotatable bonds is 4. The van der Waals surface area contributed by atoms with Gasteiger partial charge in [-0.15, -0.1) is 0 Å². The zero-order valence-corrected chi connectivity index (χ0v) is 12.4. The third-order valence-electron chi connectivity index (χ3n) is 2.92. The Kier molecular flexibility index (Phi) is 4.43. The van der Waals surface area contributed by atoms with Crippen LogP contribution in [0.5, 0.6) is 5.75 Å². The Morgan fingerprint density at radius 1 is 1.26 bits per heavy atom. The Hall–Kier alpha value is -1.55. The summed E-state index contributed by atoms with van der Waals surface area (Å²) in [6, 6.07) is 10.8. The van der Waals surface area contributed by atoms with Crippen molar-refractivity contribution in [2.45, 2.75) is 13.5 Å². The molecular formula is C15H15BrFNO. The summed E-state index contributed by atoms with van der Waals surface area (Å²) < 4.78 is 20.0. The topological polar surface area (TPSA) is 21.3 Å². The number of anilines is 1. The molecule has 19 heavy (non-hydrogen) atoms. The second-order valence-electron chi connectivity index (χ2n) is 4.24. The van der Waals surface area contributed by atoms with Gasteiger partial charge >= 0.3 is 0 Å². The maximum absolute atomic E-state index is 13.7. The van der Waals surface area contributed by atoms with Gasteiger partial charge in [0.2, 0.25) is 0 Å². The molecule has 0 saturated carbocycles. The van der Waals surface area contributed by atoms with Gasteiger partial charge in [0.15, 0.2) is 0 Å². The summed E-state index contributed by atoms with van der Waals surface area (Å²) in [7, 11) is 1.63. The lowest BCUT2D eigenvalue weighted by atomic mass is 10.1. The van der Waals surface area contributed by atoms with Crippen molar-refractivity contribution in [2.24, 2.45) is 0 Å². The highest BCUT2D eigenvalue weighted by atomic mass is 79.9. The summed E-state index contributed by atoms with van der Waals surface area (Å²) in [6.45, 7) is 2.38. The first-order chi connectivity index (χ1) is 9.11. The van der Waals surface area contributed by atoms with Crippen LogP contribution in [0.15, 0.2) is 40.9 Å². The average Bonchev–Trinajstić information content (AvgIpc) is 2.38. The summed E-state index contributed by atoms with van der Waals surface area (Å²) in [5.41, 5.74) is 2.39. The molecular weight excluding hydrogens is 309 g/mol. The van der Waals surface area contributed by atoms with E-state index in [-0.39, 0.29) is 5.82 Å². The fourth-order valence-corrected chi connectivity index (χ4v) is 2.33. The highest BCUT2D eigenvalue weighted by molar-refractivity contribution is 9.10. The standard InChI is InChI=1S/C15H15BrFNO/c1-10-4-3-5-13(17)15(10)18-9-11-8-12(16)6-7-14(11)19-2/h3-8,18H,9H2,1-2H3. The molecule has 0 heterocycles. The minimum absolute atomic E-state index is 0.242.